The molecule has 2 N–H and O–H groups in total. The molecule has 9 nitrogen and oxygen atoms in total. The molecule has 0 aliphatic carbocycles. The first kappa shape index (κ1) is 16.1. The zero-order valence-corrected chi connectivity index (χ0v) is 13.1. The lowest BCUT2D eigenvalue weighted by atomic mass is 10.1. The molecule has 126 valence electrons. The predicted molar refractivity (Wildman–Crippen MR) is 89.4 cm³/mol. The number of hydrogen-bond acceptors (Lipinski definition) is 6. The van der Waals surface area contributed by atoms with Gasteiger partial charge in [-0.15, -0.1) is 0 Å². The van der Waals surface area contributed by atoms with E-state index in [1.54, 1.807) is 37.4 Å². The fourth-order valence-corrected chi connectivity index (χ4v) is 2.31. The summed E-state index contributed by atoms with van der Waals surface area (Å²) < 4.78 is 1.53. The largest absolute Gasteiger partial charge is 0.478 e. The lowest BCUT2D eigenvalue weighted by Gasteiger charge is -2.11. The quantitative estimate of drug-likeness (QED) is 0.541. The number of rotatable bonds is 5. The van der Waals surface area contributed by atoms with E-state index in [0.717, 1.165) is 6.07 Å². The van der Waals surface area contributed by atoms with Crippen molar-refractivity contribution >= 4 is 23.2 Å². The zero-order chi connectivity index (χ0) is 18.0. The van der Waals surface area contributed by atoms with E-state index in [1.807, 2.05) is 0 Å². The van der Waals surface area contributed by atoms with Gasteiger partial charge in [-0.3, -0.25) is 10.1 Å². The van der Waals surface area contributed by atoms with Gasteiger partial charge in [0.2, 0.25) is 0 Å². The summed E-state index contributed by atoms with van der Waals surface area (Å²) in [7, 11) is 0. The van der Waals surface area contributed by atoms with Crippen molar-refractivity contribution in [3.8, 4) is 5.82 Å². The van der Waals surface area contributed by atoms with Crippen LogP contribution >= 0.6 is 0 Å². The summed E-state index contributed by atoms with van der Waals surface area (Å²) in [6.07, 6.45) is 1.62. The van der Waals surface area contributed by atoms with Gasteiger partial charge in [0.15, 0.2) is 5.82 Å². The molecule has 0 aliphatic rings. The Labute approximate surface area is 141 Å². The number of pyridine rings is 1. The maximum absolute atomic E-state index is 11.4. The molecule has 0 spiro atoms. The third kappa shape index (κ3) is 3.29. The first-order valence-corrected chi connectivity index (χ1v) is 7.22. The van der Waals surface area contributed by atoms with Crippen LogP contribution in [0.2, 0.25) is 0 Å². The summed E-state index contributed by atoms with van der Waals surface area (Å²) in [6.45, 7) is 1.79. The summed E-state index contributed by atoms with van der Waals surface area (Å²) in [5.74, 6) is -0.226. The average molecular weight is 339 g/mol. The van der Waals surface area contributed by atoms with Gasteiger partial charge in [-0.05, 0) is 25.1 Å². The highest BCUT2D eigenvalue weighted by atomic mass is 16.6. The molecule has 2 heterocycles. The maximum Gasteiger partial charge on any atom is 0.338 e. The lowest BCUT2D eigenvalue weighted by molar-refractivity contribution is -0.384. The standard InChI is InChI=1S/C16H13N5O4/c1-10-8-15(20(19-10)14-4-2-3-7-17-14)18-13-6-5-11(21(24)25)9-12(13)16(22)23/h2-9,18H,1H3,(H,22,23). The monoisotopic (exact) mass is 339 g/mol. The van der Waals surface area contributed by atoms with Crippen LogP contribution in [-0.4, -0.2) is 30.8 Å². The highest BCUT2D eigenvalue weighted by Gasteiger charge is 2.18. The van der Waals surface area contributed by atoms with E-state index in [2.05, 4.69) is 15.4 Å². The minimum absolute atomic E-state index is 0.208. The molecular weight excluding hydrogens is 326 g/mol. The van der Waals surface area contributed by atoms with E-state index < -0.39 is 10.9 Å². The molecule has 0 radical (unpaired) electrons. The summed E-state index contributed by atoms with van der Waals surface area (Å²) in [4.78, 5) is 25.9. The summed E-state index contributed by atoms with van der Waals surface area (Å²) in [5.41, 5.74) is 0.417. The Bertz CT molecular complexity index is 952. The van der Waals surface area contributed by atoms with Crippen LogP contribution in [-0.2, 0) is 0 Å². The van der Waals surface area contributed by atoms with Crippen LogP contribution in [0, 0.1) is 17.0 Å². The Morgan fingerprint density at radius 3 is 2.72 bits per heavy atom. The number of carboxylic acid groups (broad SMARTS) is 1. The van der Waals surface area contributed by atoms with Crippen LogP contribution < -0.4 is 5.32 Å². The molecule has 0 bridgehead atoms. The first-order chi connectivity index (χ1) is 12.0. The molecule has 0 saturated heterocycles. The van der Waals surface area contributed by atoms with Crippen molar-refractivity contribution in [3.05, 3.63) is 70.0 Å². The number of non-ortho nitro benzene ring substituents is 1. The number of nitrogens with zero attached hydrogens (tertiary/aromatic N) is 4. The number of nitro benzene ring substituents is 1. The van der Waals surface area contributed by atoms with E-state index >= 15 is 0 Å². The molecule has 2 aromatic heterocycles. The molecular formula is C16H13N5O4. The fourth-order valence-electron chi connectivity index (χ4n) is 2.31. The second-order valence-corrected chi connectivity index (χ2v) is 5.19. The van der Waals surface area contributed by atoms with Crippen molar-refractivity contribution in [2.24, 2.45) is 0 Å². The average Bonchev–Trinajstić information content (AvgIpc) is 2.96. The van der Waals surface area contributed by atoms with Crippen molar-refractivity contribution in [1.82, 2.24) is 14.8 Å². The van der Waals surface area contributed by atoms with Crippen LogP contribution in [0.15, 0.2) is 48.7 Å². The van der Waals surface area contributed by atoms with Crippen LogP contribution in [0.3, 0.4) is 0 Å². The van der Waals surface area contributed by atoms with E-state index in [4.69, 9.17) is 0 Å². The number of carbonyl (C=O) groups is 1. The van der Waals surface area contributed by atoms with Crippen molar-refractivity contribution in [1.29, 1.82) is 0 Å². The van der Waals surface area contributed by atoms with Crippen LogP contribution in [0.1, 0.15) is 16.1 Å². The third-order valence-corrected chi connectivity index (χ3v) is 3.40. The van der Waals surface area contributed by atoms with Crippen molar-refractivity contribution < 1.29 is 14.8 Å². The lowest BCUT2D eigenvalue weighted by Crippen LogP contribution is -2.08. The maximum atomic E-state index is 11.4. The molecule has 0 amide bonds. The second-order valence-electron chi connectivity index (χ2n) is 5.19. The number of aromatic nitrogens is 3. The van der Waals surface area contributed by atoms with Crippen molar-refractivity contribution in [2.75, 3.05) is 5.32 Å². The molecule has 1 aromatic carbocycles. The number of nitro groups is 1. The number of anilines is 2. The summed E-state index contributed by atoms with van der Waals surface area (Å²) in [6, 6.07) is 10.7. The first-order valence-electron chi connectivity index (χ1n) is 7.22. The SMILES string of the molecule is Cc1cc(Nc2ccc([N+](=O)[O-])cc2C(=O)O)n(-c2ccccn2)n1. The van der Waals surface area contributed by atoms with Gasteiger partial charge in [0.25, 0.3) is 5.69 Å². The molecule has 0 atom stereocenters. The topological polar surface area (TPSA) is 123 Å². The number of aryl methyl sites for hydroxylation is 1. The summed E-state index contributed by atoms with van der Waals surface area (Å²) >= 11 is 0. The Kier molecular flexibility index (Phi) is 4.12. The van der Waals surface area contributed by atoms with Gasteiger partial charge in [0, 0.05) is 24.4 Å². The second kappa shape index (κ2) is 6.40. The molecule has 25 heavy (non-hydrogen) atoms. The molecule has 3 aromatic rings. The highest BCUT2D eigenvalue weighted by Crippen LogP contribution is 2.27. The van der Waals surface area contributed by atoms with Crippen molar-refractivity contribution in [3.63, 3.8) is 0 Å². The van der Waals surface area contributed by atoms with Gasteiger partial charge in [0.05, 0.1) is 21.9 Å². The molecule has 0 fully saturated rings. The van der Waals surface area contributed by atoms with Crippen LogP contribution in [0.25, 0.3) is 5.82 Å². The molecule has 9 heteroatoms. The minimum Gasteiger partial charge on any atom is -0.478 e. The number of benzene rings is 1. The number of aromatic carboxylic acids is 1. The van der Waals surface area contributed by atoms with Crippen molar-refractivity contribution in [2.45, 2.75) is 6.92 Å². The molecule has 0 aliphatic heterocycles. The Balaban J connectivity index is 2.04. The van der Waals surface area contributed by atoms with Gasteiger partial charge in [0.1, 0.15) is 5.82 Å². The number of nitrogens with one attached hydrogen (secondary N) is 1. The molecule has 3 rings (SSSR count). The fraction of sp³-hybridized carbons (Fsp3) is 0.0625. The predicted octanol–water partition coefficient (Wildman–Crippen LogP) is 2.93. The summed E-state index contributed by atoms with van der Waals surface area (Å²) in [5, 5.41) is 27.5. The molecule has 0 unspecified atom stereocenters. The van der Waals surface area contributed by atoms with Gasteiger partial charge in [-0.25, -0.2) is 9.78 Å². The van der Waals surface area contributed by atoms with Gasteiger partial charge in [-0.1, -0.05) is 6.07 Å². The van der Waals surface area contributed by atoms with Crippen LogP contribution in [0.4, 0.5) is 17.2 Å². The minimum atomic E-state index is -1.27. The van der Waals surface area contributed by atoms with Gasteiger partial charge in [-0.2, -0.15) is 9.78 Å². The Morgan fingerprint density at radius 2 is 2.08 bits per heavy atom. The highest BCUT2D eigenvalue weighted by molar-refractivity contribution is 5.96. The van der Waals surface area contributed by atoms with Gasteiger partial charge >= 0.3 is 5.97 Å². The normalized spacial score (nSPS) is 10.4. The van der Waals surface area contributed by atoms with Crippen LogP contribution in [0.5, 0.6) is 0 Å². The Morgan fingerprint density at radius 1 is 1.28 bits per heavy atom. The van der Waals surface area contributed by atoms with E-state index in [9.17, 15) is 20.0 Å². The van der Waals surface area contributed by atoms with E-state index in [1.165, 1.54) is 16.8 Å². The molecule has 0 saturated carbocycles. The van der Waals surface area contributed by atoms with E-state index in [-0.39, 0.29) is 16.9 Å². The smallest absolute Gasteiger partial charge is 0.338 e. The third-order valence-electron chi connectivity index (χ3n) is 3.40. The Hall–Kier alpha value is -3.75. The van der Waals surface area contributed by atoms with E-state index in [0.29, 0.717) is 17.3 Å². The number of carboxylic acids is 1. The zero-order valence-electron chi connectivity index (χ0n) is 13.1. The van der Waals surface area contributed by atoms with Gasteiger partial charge < -0.3 is 10.4 Å². The number of hydrogen-bond donors (Lipinski definition) is 2.